The molecule has 35 heavy (non-hydrogen) atoms. The number of rotatable bonds is 3. The molecule has 0 amide bonds. The fraction of sp³-hybridized carbons (Fsp3) is 0.833. The second-order valence-electron chi connectivity index (χ2n) is 11.3. The zero-order valence-corrected chi connectivity index (χ0v) is 19.1. The van der Waals surface area contributed by atoms with E-state index in [9.17, 15) is 22.8 Å². The van der Waals surface area contributed by atoms with Crippen LogP contribution < -0.4 is 0 Å². The van der Waals surface area contributed by atoms with E-state index in [1.807, 2.05) is 6.08 Å². The van der Waals surface area contributed by atoms with Crippen LogP contribution >= 0.6 is 0 Å². The summed E-state index contributed by atoms with van der Waals surface area (Å²) in [5.41, 5.74) is -3.54. The third-order valence-corrected chi connectivity index (χ3v) is 9.37. The number of hydrogen-bond donors (Lipinski definition) is 0. The van der Waals surface area contributed by atoms with Crippen molar-refractivity contribution >= 4 is 11.9 Å². The summed E-state index contributed by atoms with van der Waals surface area (Å²) < 4.78 is 94.9. The van der Waals surface area contributed by atoms with Crippen LogP contribution in [0, 0.1) is 35.5 Å². The van der Waals surface area contributed by atoms with Crippen LogP contribution in [-0.4, -0.2) is 47.8 Å². The lowest BCUT2D eigenvalue weighted by molar-refractivity contribution is -0.519. The number of carbonyl (C=O) groups is 2. The van der Waals surface area contributed by atoms with Crippen LogP contribution in [0.1, 0.15) is 51.9 Å². The van der Waals surface area contributed by atoms with E-state index in [0.29, 0.717) is 25.7 Å². The molecule has 7 aliphatic rings. The fourth-order valence-corrected chi connectivity index (χ4v) is 8.37. The van der Waals surface area contributed by atoms with E-state index in [4.69, 9.17) is 9.47 Å². The molecule has 1 aliphatic heterocycles. The third-order valence-electron chi connectivity index (χ3n) is 9.37. The van der Waals surface area contributed by atoms with Gasteiger partial charge in [-0.15, -0.1) is 0 Å². The molecule has 194 valence electrons. The molecule has 6 aliphatic carbocycles. The average Bonchev–Trinajstić information content (AvgIpc) is 3.36. The van der Waals surface area contributed by atoms with Crippen LogP contribution in [0.4, 0.5) is 22.0 Å². The number of halogens is 5. The molecule has 5 saturated carbocycles. The Hall–Kier alpha value is -1.75. The van der Waals surface area contributed by atoms with E-state index in [0.717, 1.165) is 6.42 Å². The average molecular weight is 506 g/mol. The summed E-state index contributed by atoms with van der Waals surface area (Å²) in [5.74, 6) is -12.9. The molecule has 6 bridgehead atoms. The molecule has 6 unspecified atom stereocenters. The van der Waals surface area contributed by atoms with Gasteiger partial charge in [-0.2, -0.15) is 22.0 Å². The highest BCUT2D eigenvalue weighted by atomic mass is 19.4. The summed E-state index contributed by atoms with van der Waals surface area (Å²) in [5, 5.41) is 0. The number of ether oxygens (including phenoxy) is 4. The lowest BCUT2D eigenvalue weighted by Gasteiger charge is -2.67. The summed E-state index contributed by atoms with van der Waals surface area (Å²) in [7, 11) is 0. The molecule has 0 radical (unpaired) electrons. The smallest absolute Gasteiger partial charge is 0.459 e. The first kappa shape index (κ1) is 23.6. The first-order chi connectivity index (χ1) is 16.3. The lowest BCUT2D eigenvalue weighted by Crippen LogP contribution is -2.82. The summed E-state index contributed by atoms with van der Waals surface area (Å²) in [4.78, 5) is 24.7. The Morgan fingerprint density at radius 1 is 0.943 bits per heavy atom. The standard InChI is InChI=1S/C24H27F5O6/c1-12(30)34-23(24(27,28)29)22(25,26)21(32-11-33-23)16-5-14-6-17(21)10-20(8-14,9-16)35-19(31)18-7-13-2-3-15(18)4-13/h2-3,13-18H,4-11H2,1H3. The van der Waals surface area contributed by atoms with E-state index in [-0.39, 0.29) is 49.4 Å². The van der Waals surface area contributed by atoms with Crippen molar-refractivity contribution in [3.8, 4) is 0 Å². The van der Waals surface area contributed by atoms with Crippen molar-refractivity contribution in [1.29, 1.82) is 0 Å². The Bertz CT molecular complexity index is 962. The van der Waals surface area contributed by atoms with Gasteiger partial charge in [-0.25, -0.2) is 0 Å². The van der Waals surface area contributed by atoms with E-state index in [1.54, 1.807) is 0 Å². The van der Waals surface area contributed by atoms with Gasteiger partial charge in [0.1, 0.15) is 11.2 Å². The van der Waals surface area contributed by atoms with Gasteiger partial charge in [0.25, 0.3) is 0 Å². The number of alkyl halides is 5. The summed E-state index contributed by atoms with van der Waals surface area (Å²) >= 11 is 0. The first-order valence-corrected chi connectivity index (χ1v) is 12.2. The molecule has 0 aromatic carbocycles. The van der Waals surface area contributed by atoms with E-state index in [2.05, 4.69) is 15.5 Å². The second-order valence-corrected chi connectivity index (χ2v) is 11.3. The zero-order chi connectivity index (χ0) is 25.0. The van der Waals surface area contributed by atoms with Gasteiger partial charge < -0.3 is 18.9 Å². The van der Waals surface area contributed by atoms with Crippen molar-refractivity contribution in [2.75, 3.05) is 6.79 Å². The Labute approximate surface area is 198 Å². The maximum absolute atomic E-state index is 16.2. The molecule has 6 nitrogen and oxygen atoms in total. The van der Waals surface area contributed by atoms with Crippen LogP contribution in [0.15, 0.2) is 12.2 Å². The van der Waals surface area contributed by atoms with Gasteiger partial charge in [-0.3, -0.25) is 9.59 Å². The Kier molecular flexibility index (Phi) is 4.85. The minimum Gasteiger partial charge on any atom is -0.459 e. The van der Waals surface area contributed by atoms with Gasteiger partial charge in [-0.05, 0) is 74.5 Å². The van der Waals surface area contributed by atoms with Crippen molar-refractivity contribution in [2.45, 2.75) is 81.0 Å². The van der Waals surface area contributed by atoms with Gasteiger partial charge in [-0.1, -0.05) is 12.2 Å². The quantitative estimate of drug-likeness (QED) is 0.319. The minimum atomic E-state index is -5.70. The van der Waals surface area contributed by atoms with E-state index in [1.165, 1.54) is 0 Å². The molecule has 7 rings (SSSR count). The number of fused-ring (bicyclic) bond motifs is 2. The van der Waals surface area contributed by atoms with Crippen LogP contribution in [-0.2, 0) is 28.5 Å². The van der Waals surface area contributed by atoms with Gasteiger partial charge in [0.05, 0.1) is 5.92 Å². The van der Waals surface area contributed by atoms with Crippen LogP contribution in [0.3, 0.4) is 0 Å². The predicted octanol–water partition coefficient (Wildman–Crippen LogP) is 4.52. The van der Waals surface area contributed by atoms with Crippen LogP contribution in [0.5, 0.6) is 0 Å². The van der Waals surface area contributed by atoms with E-state index < -0.39 is 53.7 Å². The molecule has 6 atom stereocenters. The Morgan fingerprint density at radius 3 is 2.17 bits per heavy atom. The maximum Gasteiger partial charge on any atom is 0.462 e. The maximum atomic E-state index is 16.2. The van der Waals surface area contributed by atoms with Gasteiger partial charge >= 0.3 is 29.8 Å². The van der Waals surface area contributed by atoms with Gasteiger partial charge in [0, 0.05) is 6.92 Å². The van der Waals surface area contributed by atoms with E-state index >= 15 is 8.78 Å². The highest BCUT2D eigenvalue weighted by Crippen LogP contribution is 2.70. The van der Waals surface area contributed by atoms with Crippen molar-refractivity contribution < 1.29 is 50.5 Å². The molecule has 0 aromatic rings. The molecule has 1 spiro atoms. The number of allylic oxidation sites excluding steroid dienone is 2. The molecule has 6 fully saturated rings. The first-order valence-electron chi connectivity index (χ1n) is 12.2. The largest absolute Gasteiger partial charge is 0.462 e. The molecule has 0 aromatic heterocycles. The van der Waals surface area contributed by atoms with Crippen LogP contribution in [0.25, 0.3) is 0 Å². The highest BCUT2D eigenvalue weighted by molar-refractivity contribution is 5.74. The Morgan fingerprint density at radius 2 is 1.63 bits per heavy atom. The van der Waals surface area contributed by atoms with Crippen molar-refractivity contribution in [1.82, 2.24) is 0 Å². The predicted molar refractivity (Wildman–Crippen MR) is 106 cm³/mol. The third kappa shape index (κ3) is 3.00. The fourth-order valence-electron chi connectivity index (χ4n) is 8.37. The zero-order valence-electron chi connectivity index (χ0n) is 19.1. The topological polar surface area (TPSA) is 71.1 Å². The molecular formula is C24H27F5O6. The van der Waals surface area contributed by atoms with Crippen molar-refractivity contribution in [2.24, 2.45) is 35.5 Å². The van der Waals surface area contributed by atoms with Crippen LogP contribution in [0.2, 0.25) is 0 Å². The molecule has 1 heterocycles. The molecular weight excluding hydrogens is 479 g/mol. The minimum absolute atomic E-state index is 0.0218. The second kappa shape index (κ2) is 7.18. The SMILES string of the molecule is CC(=O)OC1(C(F)(F)F)OCOC2(C3CC4CC2CC(OC(=O)C2CC5C=CC2C5)(C4)C3)C1(F)F. The Balaban J connectivity index is 1.32. The summed E-state index contributed by atoms with van der Waals surface area (Å²) in [6, 6.07) is 0. The van der Waals surface area contributed by atoms with Crippen molar-refractivity contribution in [3.05, 3.63) is 12.2 Å². The monoisotopic (exact) mass is 506 g/mol. The molecule has 11 heteroatoms. The van der Waals surface area contributed by atoms with Gasteiger partial charge in [0.15, 0.2) is 6.79 Å². The number of carbonyl (C=O) groups excluding carboxylic acids is 2. The molecule has 1 saturated heterocycles. The van der Waals surface area contributed by atoms with Crippen molar-refractivity contribution in [3.63, 3.8) is 0 Å². The normalized spacial score (nSPS) is 49.0. The highest BCUT2D eigenvalue weighted by Gasteiger charge is 2.87. The lowest BCUT2D eigenvalue weighted by atomic mass is 9.46. The summed E-state index contributed by atoms with van der Waals surface area (Å²) in [6.07, 6.45) is 0.928. The molecule has 0 N–H and O–H groups in total. The number of esters is 2. The number of hydrogen-bond acceptors (Lipinski definition) is 6. The van der Waals surface area contributed by atoms with Gasteiger partial charge in [0.2, 0.25) is 0 Å². The summed E-state index contributed by atoms with van der Waals surface area (Å²) in [6.45, 7) is -0.463.